The van der Waals surface area contributed by atoms with Crippen LogP contribution in [0.25, 0.3) is 0 Å². The molecular formula is C17H23ClO3. The van der Waals surface area contributed by atoms with Crippen molar-refractivity contribution in [2.45, 2.75) is 62.9 Å². The number of benzene rings is 1. The predicted molar refractivity (Wildman–Crippen MR) is 82.4 cm³/mol. The van der Waals surface area contributed by atoms with E-state index in [9.17, 15) is 5.11 Å². The molecule has 0 aromatic heterocycles. The summed E-state index contributed by atoms with van der Waals surface area (Å²) in [6.07, 6.45) is 6.81. The van der Waals surface area contributed by atoms with Gasteiger partial charge in [-0.3, -0.25) is 0 Å². The van der Waals surface area contributed by atoms with Crippen molar-refractivity contribution in [1.82, 2.24) is 0 Å². The van der Waals surface area contributed by atoms with Crippen LogP contribution < -0.4 is 0 Å². The van der Waals surface area contributed by atoms with Crippen LogP contribution in [-0.4, -0.2) is 29.7 Å². The first-order valence-electron chi connectivity index (χ1n) is 7.92. The van der Waals surface area contributed by atoms with Gasteiger partial charge in [0.2, 0.25) is 0 Å². The molecule has 0 bridgehead atoms. The van der Waals surface area contributed by atoms with Crippen LogP contribution in [0.5, 0.6) is 0 Å². The van der Waals surface area contributed by atoms with Crippen molar-refractivity contribution < 1.29 is 14.6 Å². The quantitative estimate of drug-likeness (QED) is 0.921. The molecule has 1 aromatic rings. The van der Waals surface area contributed by atoms with E-state index in [1.165, 1.54) is 6.42 Å². The fourth-order valence-corrected chi connectivity index (χ4v) is 3.70. The summed E-state index contributed by atoms with van der Waals surface area (Å²) in [7, 11) is 0. The number of aliphatic hydroxyl groups is 1. The summed E-state index contributed by atoms with van der Waals surface area (Å²) < 4.78 is 12.6. The van der Waals surface area contributed by atoms with Crippen LogP contribution in [0.4, 0.5) is 0 Å². The molecule has 1 saturated carbocycles. The molecule has 1 aliphatic heterocycles. The van der Waals surface area contributed by atoms with Crippen LogP contribution in [0.1, 0.15) is 44.1 Å². The molecule has 4 heteroatoms. The highest BCUT2D eigenvalue weighted by Crippen LogP contribution is 2.42. The number of hydrogen-bond donors (Lipinski definition) is 1. The molecule has 0 radical (unpaired) electrons. The maximum atomic E-state index is 9.29. The number of rotatable bonds is 4. The zero-order valence-electron chi connectivity index (χ0n) is 12.3. The van der Waals surface area contributed by atoms with Crippen molar-refractivity contribution >= 4 is 11.6 Å². The van der Waals surface area contributed by atoms with Gasteiger partial charge in [0.15, 0.2) is 5.79 Å². The van der Waals surface area contributed by atoms with E-state index in [1.807, 2.05) is 24.3 Å². The summed E-state index contributed by atoms with van der Waals surface area (Å²) in [6.45, 7) is 0.128. The van der Waals surface area contributed by atoms with E-state index in [0.717, 1.165) is 42.7 Å². The van der Waals surface area contributed by atoms with Gasteiger partial charge in [0.1, 0.15) is 0 Å². The molecule has 3 rings (SSSR count). The second kappa shape index (κ2) is 6.66. The monoisotopic (exact) mass is 310 g/mol. The van der Waals surface area contributed by atoms with Crippen LogP contribution >= 0.6 is 11.6 Å². The standard InChI is InChI=1S/C17H23ClO3/c18-14-7-3-2-6-13(14)12-16-15(8-11-19)20-17(21-16)9-4-1-5-10-17/h2-3,6-7,15-16,19H,1,4-5,8-12H2/t15-,16-/m1/s1. The number of hydrogen-bond acceptors (Lipinski definition) is 3. The Kier molecular flexibility index (Phi) is 4.85. The first-order valence-corrected chi connectivity index (χ1v) is 8.30. The minimum atomic E-state index is -0.413. The highest BCUT2D eigenvalue weighted by Gasteiger charge is 2.47. The molecule has 3 nitrogen and oxygen atoms in total. The Balaban J connectivity index is 1.74. The Morgan fingerprint density at radius 1 is 1.10 bits per heavy atom. The Morgan fingerprint density at radius 3 is 2.52 bits per heavy atom. The summed E-state index contributed by atoms with van der Waals surface area (Å²) in [5.74, 6) is -0.413. The molecule has 2 aliphatic rings. The third-order valence-corrected chi connectivity index (χ3v) is 4.92. The minimum absolute atomic E-state index is 0.0184. The molecule has 116 valence electrons. The van der Waals surface area contributed by atoms with Gasteiger partial charge >= 0.3 is 0 Å². The number of halogens is 1. The molecule has 1 spiro atoms. The minimum Gasteiger partial charge on any atom is -0.396 e. The highest BCUT2D eigenvalue weighted by molar-refractivity contribution is 6.31. The molecule has 1 aliphatic carbocycles. The summed E-state index contributed by atoms with van der Waals surface area (Å²) in [5, 5.41) is 10.1. The van der Waals surface area contributed by atoms with Gasteiger partial charge in [-0.1, -0.05) is 36.2 Å². The maximum Gasteiger partial charge on any atom is 0.169 e. The van der Waals surface area contributed by atoms with Crippen LogP contribution in [0.3, 0.4) is 0 Å². The summed E-state index contributed by atoms with van der Waals surface area (Å²) >= 11 is 6.26. The molecule has 0 unspecified atom stereocenters. The molecule has 1 saturated heterocycles. The largest absolute Gasteiger partial charge is 0.396 e. The van der Waals surface area contributed by atoms with E-state index >= 15 is 0 Å². The molecule has 1 heterocycles. The van der Waals surface area contributed by atoms with Crippen molar-refractivity contribution in [3.63, 3.8) is 0 Å². The van der Waals surface area contributed by atoms with E-state index < -0.39 is 5.79 Å². The molecule has 1 aromatic carbocycles. The third-order valence-electron chi connectivity index (χ3n) is 4.55. The second-order valence-electron chi connectivity index (χ2n) is 6.09. The Labute approximate surface area is 131 Å². The topological polar surface area (TPSA) is 38.7 Å². The third kappa shape index (κ3) is 3.42. The molecule has 2 fully saturated rings. The Bertz CT molecular complexity index is 471. The second-order valence-corrected chi connectivity index (χ2v) is 6.50. The van der Waals surface area contributed by atoms with E-state index in [0.29, 0.717) is 6.42 Å². The van der Waals surface area contributed by atoms with Gasteiger partial charge in [0.05, 0.1) is 12.2 Å². The number of ether oxygens (including phenoxy) is 2. The van der Waals surface area contributed by atoms with Gasteiger partial charge in [-0.25, -0.2) is 0 Å². The van der Waals surface area contributed by atoms with Crippen LogP contribution in [0.15, 0.2) is 24.3 Å². The first-order chi connectivity index (χ1) is 10.2. The van der Waals surface area contributed by atoms with E-state index in [1.54, 1.807) is 0 Å². The lowest BCUT2D eigenvalue weighted by Gasteiger charge is -2.32. The van der Waals surface area contributed by atoms with Crippen molar-refractivity contribution in [2.24, 2.45) is 0 Å². The van der Waals surface area contributed by atoms with Crippen LogP contribution in [0.2, 0.25) is 5.02 Å². The summed E-state index contributed by atoms with van der Waals surface area (Å²) in [6, 6.07) is 7.87. The van der Waals surface area contributed by atoms with Gasteiger partial charge < -0.3 is 14.6 Å². The maximum absolute atomic E-state index is 9.29. The highest BCUT2D eigenvalue weighted by atomic mass is 35.5. The van der Waals surface area contributed by atoms with Gasteiger partial charge in [0, 0.05) is 30.9 Å². The first kappa shape index (κ1) is 15.3. The normalized spacial score (nSPS) is 28.1. The average molecular weight is 311 g/mol. The number of aliphatic hydroxyl groups excluding tert-OH is 1. The van der Waals surface area contributed by atoms with Crippen LogP contribution in [-0.2, 0) is 15.9 Å². The SMILES string of the molecule is OCC[C@H]1OC2(CCCCC2)O[C@@H]1Cc1ccccc1Cl. The van der Waals surface area contributed by atoms with Gasteiger partial charge in [-0.05, 0) is 30.9 Å². The zero-order valence-corrected chi connectivity index (χ0v) is 13.0. The Hall–Kier alpha value is -0.610. The lowest BCUT2D eigenvalue weighted by molar-refractivity contribution is -0.194. The molecule has 0 amide bonds. The van der Waals surface area contributed by atoms with Crippen LogP contribution in [0, 0.1) is 0 Å². The molecule has 1 N–H and O–H groups in total. The van der Waals surface area contributed by atoms with Crippen molar-refractivity contribution in [3.05, 3.63) is 34.9 Å². The van der Waals surface area contributed by atoms with Gasteiger partial charge in [-0.15, -0.1) is 0 Å². The lowest BCUT2D eigenvalue weighted by atomic mass is 9.94. The fourth-order valence-electron chi connectivity index (χ4n) is 3.48. The van der Waals surface area contributed by atoms with Gasteiger partial charge in [-0.2, -0.15) is 0 Å². The van der Waals surface area contributed by atoms with Crippen molar-refractivity contribution in [3.8, 4) is 0 Å². The average Bonchev–Trinajstić information content (AvgIpc) is 2.80. The lowest BCUT2D eigenvalue weighted by Crippen LogP contribution is -2.33. The van der Waals surface area contributed by atoms with E-state index in [-0.39, 0.29) is 18.8 Å². The molecular weight excluding hydrogens is 288 g/mol. The molecule has 21 heavy (non-hydrogen) atoms. The summed E-state index contributed by atoms with van der Waals surface area (Å²) in [4.78, 5) is 0. The molecule has 2 atom stereocenters. The smallest absolute Gasteiger partial charge is 0.169 e. The fraction of sp³-hybridized carbons (Fsp3) is 0.647. The van der Waals surface area contributed by atoms with Crippen molar-refractivity contribution in [1.29, 1.82) is 0 Å². The summed E-state index contributed by atoms with van der Waals surface area (Å²) in [5.41, 5.74) is 1.09. The van der Waals surface area contributed by atoms with Gasteiger partial charge in [0.25, 0.3) is 0 Å². The predicted octanol–water partition coefficient (Wildman–Crippen LogP) is 3.71. The Morgan fingerprint density at radius 2 is 1.81 bits per heavy atom. The zero-order chi connectivity index (χ0) is 14.7. The van der Waals surface area contributed by atoms with E-state index in [4.69, 9.17) is 21.1 Å². The van der Waals surface area contributed by atoms with Crippen molar-refractivity contribution in [2.75, 3.05) is 6.61 Å². The van der Waals surface area contributed by atoms with E-state index in [2.05, 4.69) is 0 Å².